The first-order valence-corrected chi connectivity index (χ1v) is 9.89. The summed E-state index contributed by atoms with van der Waals surface area (Å²) in [4.78, 5) is 32.7. The van der Waals surface area contributed by atoms with Crippen LogP contribution in [0.1, 0.15) is 43.0 Å². The van der Waals surface area contributed by atoms with E-state index in [0.717, 1.165) is 18.5 Å². The molecule has 1 aromatic heterocycles. The molecule has 8 nitrogen and oxygen atoms in total. The number of benzene rings is 1. The smallest absolute Gasteiger partial charge is 0.365 e. The fourth-order valence-corrected chi connectivity index (χ4v) is 3.34. The van der Waals surface area contributed by atoms with E-state index in [0.29, 0.717) is 29.7 Å². The molecule has 0 spiro atoms. The summed E-state index contributed by atoms with van der Waals surface area (Å²) in [5.41, 5.74) is 2.31. The van der Waals surface area contributed by atoms with Crippen molar-refractivity contribution in [2.75, 3.05) is 5.32 Å². The molecule has 3 rings (SSSR count). The van der Waals surface area contributed by atoms with Crippen LogP contribution in [-0.4, -0.2) is 33.7 Å². The van der Waals surface area contributed by atoms with Crippen LogP contribution in [0.4, 0.5) is 5.69 Å². The molecule has 30 heavy (non-hydrogen) atoms. The van der Waals surface area contributed by atoms with Crippen molar-refractivity contribution in [3.8, 4) is 0 Å². The molecule has 1 heterocycles. The Hall–Kier alpha value is -3.55. The zero-order chi connectivity index (χ0) is 21.3. The lowest BCUT2D eigenvalue weighted by atomic mass is 9.89. The first-order valence-electron chi connectivity index (χ1n) is 9.89. The van der Waals surface area contributed by atoms with E-state index in [1.165, 1.54) is 0 Å². The van der Waals surface area contributed by atoms with Gasteiger partial charge in [0.05, 0.1) is 11.6 Å². The van der Waals surface area contributed by atoms with Gasteiger partial charge in [0.2, 0.25) is 6.04 Å². The maximum Gasteiger partial charge on any atom is 0.365 e. The van der Waals surface area contributed by atoms with Gasteiger partial charge in [-0.2, -0.15) is 0 Å². The molecule has 0 amide bonds. The standard InChI is InChI=1S/C22H24N4O4/c1-16(24-19-11-13-23-14-12-19)20(15-18-9-5-6-10-21(18)26(28)29)25-30-22(27)17-7-3-2-4-8-17/h2-4,7-8,11-16,21H,5-6,9-10H2,1H3,(H,23,24)/b18-15+,25-20-. The van der Waals surface area contributed by atoms with Crippen molar-refractivity contribution in [3.63, 3.8) is 0 Å². The summed E-state index contributed by atoms with van der Waals surface area (Å²) in [6.45, 7) is 1.86. The van der Waals surface area contributed by atoms with Gasteiger partial charge >= 0.3 is 5.97 Å². The van der Waals surface area contributed by atoms with Crippen LogP contribution in [0.25, 0.3) is 0 Å². The van der Waals surface area contributed by atoms with Gasteiger partial charge in [0.1, 0.15) is 5.71 Å². The Labute approximate surface area is 174 Å². The van der Waals surface area contributed by atoms with Crippen LogP contribution in [0.5, 0.6) is 0 Å². The fraction of sp³-hybridized carbons (Fsp3) is 0.318. The number of carbonyl (C=O) groups excluding carboxylic acids is 1. The summed E-state index contributed by atoms with van der Waals surface area (Å²) in [6, 6.07) is 11.1. The third-order valence-corrected chi connectivity index (χ3v) is 4.96. The van der Waals surface area contributed by atoms with Crippen LogP contribution in [0.15, 0.2) is 71.7 Å². The molecule has 1 aliphatic rings. The molecule has 156 valence electrons. The summed E-state index contributed by atoms with van der Waals surface area (Å²) in [7, 11) is 0. The maximum atomic E-state index is 12.3. The van der Waals surface area contributed by atoms with E-state index in [1.54, 1.807) is 60.9 Å². The molecular formula is C22H24N4O4. The lowest BCUT2D eigenvalue weighted by molar-refractivity contribution is -0.514. The van der Waals surface area contributed by atoms with Crippen LogP contribution in [0.2, 0.25) is 0 Å². The molecule has 1 saturated carbocycles. The summed E-state index contributed by atoms with van der Waals surface area (Å²) in [6.07, 6.45) is 7.85. The fourth-order valence-electron chi connectivity index (χ4n) is 3.34. The summed E-state index contributed by atoms with van der Waals surface area (Å²) in [5, 5.41) is 18.8. The van der Waals surface area contributed by atoms with Crippen LogP contribution in [0.3, 0.4) is 0 Å². The molecule has 1 fully saturated rings. The van der Waals surface area contributed by atoms with Crippen LogP contribution in [0, 0.1) is 10.1 Å². The Morgan fingerprint density at radius 3 is 2.70 bits per heavy atom. The second-order valence-corrected chi connectivity index (χ2v) is 7.13. The molecule has 1 aliphatic carbocycles. The predicted molar refractivity (Wildman–Crippen MR) is 114 cm³/mol. The van der Waals surface area contributed by atoms with Crippen molar-refractivity contribution in [1.29, 1.82) is 0 Å². The minimum absolute atomic E-state index is 0.250. The molecule has 0 saturated heterocycles. The van der Waals surface area contributed by atoms with Crippen molar-refractivity contribution >= 4 is 17.4 Å². The van der Waals surface area contributed by atoms with Crippen LogP contribution in [-0.2, 0) is 4.84 Å². The molecule has 2 aromatic rings. The zero-order valence-corrected chi connectivity index (χ0v) is 16.7. The molecule has 2 atom stereocenters. The molecule has 0 radical (unpaired) electrons. The Bertz CT molecular complexity index is 929. The number of oxime groups is 1. The minimum atomic E-state index is -0.734. The second kappa shape index (κ2) is 10.3. The number of nitrogens with one attached hydrogen (secondary N) is 1. The predicted octanol–water partition coefficient (Wildman–Crippen LogP) is 4.24. The van der Waals surface area contributed by atoms with Gasteiger partial charge in [-0.05, 0) is 56.5 Å². The summed E-state index contributed by atoms with van der Waals surface area (Å²) in [5.74, 6) is -0.586. The minimum Gasteiger partial charge on any atom is -0.377 e. The molecule has 8 heteroatoms. The van der Waals surface area contributed by atoms with E-state index >= 15 is 0 Å². The van der Waals surface area contributed by atoms with E-state index in [1.807, 2.05) is 6.92 Å². The molecule has 0 aliphatic heterocycles. The van der Waals surface area contributed by atoms with E-state index in [9.17, 15) is 14.9 Å². The number of carbonyl (C=O) groups is 1. The van der Waals surface area contributed by atoms with Gasteiger partial charge in [0, 0.05) is 35.0 Å². The number of nitro groups is 1. The Morgan fingerprint density at radius 2 is 2.00 bits per heavy atom. The number of nitrogens with zero attached hydrogens (tertiary/aromatic N) is 3. The van der Waals surface area contributed by atoms with E-state index in [4.69, 9.17) is 4.84 Å². The summed E-state index contributed by atoms with van der Waals surface area (Å²) >= 11 is 0. The van der Waals surface area contributed by atoms with Gasteiger partial charge in [-0.3, -0.25) is 15.1 Å². The monoisotopic (exact) mass is 408 g/mol. The number of rotatable bonds is 7. The van der Waals surface area contributed by atoms with Gasteiger partial charge in [-0.1, -0.05) is 23.4 Å². The van der Waals surface area contributed by atoms with Crippen LogP contribution >= 0.6 is 0 Å². The Balaban J connectivity index is 1.86. The van der Waals surface area contributed by atoms with Crippen molar-refractivity contribution in [1.82, 2.24) is 4.98 Å². The summed E-state index contributed by atoms with van der Waals surface area (Å²) < 4.78 is 0. The van der Waals surface area contributed by atoms with Crippen molar-refractivity contribution < 1.29 is 14.6 Å². The zero-order valence-electron chi connectivity index (χ0n) is 16.7. The number of hydrogen-bond donors (Lipinski definition) is 1. The lowest BCUT2D eigenvalue weighted by Crippen LogP contribution is -2.29. The highest BCUT2D eigenvalue weighted by atomic mass is 16.7. The van der Waals surface area contributed by atoms with Gasteiger partial charge in [0.15, 0.2) is 0 Å². The van der Waals surface area contributed by atoms with Crippen LogP contribution < -0.4 is 5.32 Å². The van der Waals surface area contributed by atoms with Gasteiger partial charge in [-0.15, -0.1) is 0 Å². The topological polar surface area (TPSA) is 107 Å². The molecule has 0 bridgehead atoms. The van der Waals surface area contributed by atoms with Gasteiger partial charge < -0.3 is 10.2 Å². The Morgan fingerprint density at radius 1 is 1.27 bits per heavy atom. The van der Waals surface area contributed by atoms with Gasteiger partial charge in [-0.25, -0.2) is 4.79 Å². The van der Waals surface area contributed by atoms with Crippen molar-refractivity contribution in [2.45, 2.75) is 44.7 Å². The number of anilines is 1. The highest BCUT2D eigenvalue weighted by Gasteiger charge is 2.29. The SMILES string of the molecule is CC(Nc1ccncc1)C(/C=C1\CCCCC1[N+](=O)[O-])=N\OC(=O)c1ccccc1. The number of pyridine rings is 1. The highest BCUT2D eigenvalue weighted by Crippen LogP contribution is 2.26. The molecular weight excluding hydrogens is 384 g/mol. The number of aromatic nitrogens is 1. The van der Waals surface area contributed by atoms with E-state index in [2.05, 4.69) is 15.5 Å². The number of hydrogen-bond acceptors (Lipinski definition) is 7. The molecule has 1 aromatic carbocycles. The van der Waals surface area contributed by atoms with E-state index in [-0.39, 0.29) is 11.0 Å². The third kappa shape index (κ3) is 5.73. The lowest BCUT2D eigenvalue weighted by Gasteiger charge is -2.21. The van der Waals surface area contributed by atoms with Crippen molar-refractivity contribution in [2.24, 2.45) is 5.16 Å². The second-order valence-electron chi connectivity index (χ2n) is 7.13. The highest BCUT2D eigenvalue weighted by molar-refractivity contribution is 6.01. The average molecular weight is 408 g/mol. The Kier molecular flexibility index (Phi) is 7.26. The largest absolute Gasteiger partial charge is 0.377 e. The maximum absolute atomic E-state index is 12.3. The third-order valence-electron chi connectivity index (χ3n) is 4.96. The van der Waals surface area contributed by atoms with Crippen molar-refractivity contribution in [3.05, 3.63) is 82.2 Å². The van der Waals surface area contributed by atoms with Gasteiger partial charge in [0.25, 0.3) is 0 Å². The normalized spacial score (nSPS) is 19.2. The average Bonchev–Trinajstić information content (AvgIpc) is 2.77. The quantitative estimate of drug-likeness (QED) is 0.318. The molecule has 2 unspecified atom stereocenters. The van der Waals surface area contributed by atoms with E-state index < -0.39 is 12.0 Å². The first kappa shape index (κ1) is 21.2. The molecule has 1 N–H and O–H groups in total. The first-order chi connectivity index (χ1) is 14.5.